The molecule has 8 nitrogen and oxygen atoms in total. The molecule has 1 aliphatic carbocycles. The molecule has 3 aromatic rings. The van der Waals surface area contributed by atoms with Gasteiger partial charge in [-0.15, -0.1) is 0 Å². The third kappa shape index (κ3) is 5.60. The van der Waals surface area contributed by atoms with Gasteiger partial charge in [0.1, 0.15) is 18.5 Å². The van der Waals surface area contributed by atoms with Crippen LogP contribution in [0.25, 0.3) is 22.3 Å². The number of benzene rings is 1. The van der Waals surface area contributed by atoms with E-state index in [9.17, 15) is 5.11 Å². The molecule has 1 unspecified atom stereocenters. The molecule has 3 N–H and O–H groups in total. The monoisotopic (exact) mass is 479 g/mol. The Hall–Kier alpha value is -2.68. The smallest absolute Gasteiger partial charge is 0.160 e. The maximum atomic E-state index is 10.1. The topological polar surface area (TPSA) is 93.5 Å². The molecule has 1 saturated carbocycles. The molecule has 2 aliphatic rings. The second-order valence-electron chi connectivity index (χ2n) is 10.1. The number of nitrogens with one attached hydrogen (secondary N) is 2. The number of ether oxygens (including phenoxy) is 2. The van der Waals surface area contributed by atoms with Crippen molar-refractivity contribution in [2.24, 2.45) is 0 Å². The van der Waals surface area contributed by atoms with Crippen molar-refractivity contribution in [1.29, 1.82) is 0 Å². The zero-order chi connectivity index (χ0) is 24.4. The van der Waals surface area contributed by atoms with Crippen LogP contribution in [0.1, 0.15) is 57.1 Å². The molecular formula is C27H37N5O3. The molecule has 1 atom stereocenters. The number of aliphatic hydroxyl groups is 1. The molecule has 1 aromatic carbocycles. The summed E-state index contributed by atoms with van der Waals surface area (Å²) in [5, 5.41) is 22.6. The lowest BCUT2D eigenvalue weighted by Gasteiger charge is -2.25. The van der Waals surface area contributed by atoms with E-state index in [4.69, 9.17) is 14.5 Å². The summed E-state index contributed by atoms with van der Waals surface area (Å²) in [4.78, 5) is 5.09. The Morgan fingerprint density at radius 2 is 1.94 bits per heavy atom. The van der Waals surface area contributed by atoms with Gasteiger partial charge in [0, 0.05) is 43.1 Å². The highest BCUT2D eigenvalue weighted by Crippen LogP contribution is 2.43. The van der Waals surface area contributed by atoms with Crippen LogP contribution in [0.15, 0.2) is 30.5 Å². The summed E-state index contributed by atoms with van der Waals surface area (Å²) in [6.07, 6.45) is 5.75. The fourth-order valence-corrected chi connectivity index (χ4v) is 4.72. The number of likely N-dealkylation sites (N-methyl/N-ethyl adjacent to an activating group) is 1. The predicted octanol–water partition coefficient (Wildman–Crippen LogP) is 4.11. The Morgan fingerprint density at radius 1 is 1.14 bits per heavy atom. The molecule has 8 heteroatoms. The maximum Gasteiger partial charge on any atom is 0.160 e. The molecular weight excluding hydrogens is 442 g/mol. The van der Waals surface area contributed by atoms with Crippen LogP contribution in [0.2, 0.25) is 0 Å². The van der Waals surface area contributed by atoms with E-state index < -0.39 is 6.10 Å². The SMILES string of the molecule is CNCC(O)COc1cc(-c2cc(NC3CCOCC3)c3cnn(C(C)C)c3n2)cc(C2CC2)c1. The molecule has 2 aromatic heterocycles. The van der Waals surface area contributed by atoms with Gasteiger partial charge in [0.2, 0.25) is 0 Å². The predicted molar refractivity (Wildman–Crippen MR) is 138 cm³/mol. The molecule has 0 amide bonds. The molecule has 188 valence electrons. The highest BCUT2D eigenvalue weighted by molar-refractivity contribution is 5.92. The van der Waals surface area contributed by atoms with Gasteiger partial charge in [0.15, 0.2) is 5.65 Å². The van der Waals surface area contributed by atoms with Crippen molar-refractivity contribution in [3.05, 3.63) is 36.0 Å². The Labute approximate surface area is 207 Å². The summed E-state index contributed by atoms with van der Waals surface area (Å²) in [6, 6.07) is 9.13. The van der Waals surface area contributed by atoms with Gasteiger partial charge in [-0.25, -0.2) is 9.67 Å². The van der Waals surface area contributed by atoms with E-state index in [0.717, 1.165) is 59.8 Å². The van der Waals surface area contributed by atoms with Gasteiger partial charge in [0.05, 0.1) is 17.3 Å². The third-order valence-corrected chi connectivity index (χ3v) is 6.79. The van der Waals surface area contributed by atoms with Crippen molar-refractivity contribution in [3.8, 4) is 17.0 Å². The second kappa shape index (κ2) is 10.5. The fourth-order valence-electron chi connectivity index (χ4n) is 4.72. The minimum absolute atomic E-state index is 0.205. The van der Waals surface area contributed by atoms with E-state index in [1.54, 1.807) is 0 Å². The van der Waals surface area contributed by atoms with E-state index in [1.807, 2.05) is 24.0 Å². The lowest BCUT2D eigenvalue weighted by Crippen LogP contribution is -2.29. The Bertz CT molecular complexity index is 1150. The van der Waals surface area contributed by atoms with Crippen LogP contribution in [0.5, 0.6) is 5.75 Å². The van der Waals surface area contributed by atoms with Crippen molar-refractivity contribution >= 4 is 16.7 Å². The minimum atomic E-state index is -0.557. The number of rotatable bonds is 10. The zero-order valence-electron chi connectivity index (χ0n) is 21.0. The standard InChI is InChI=1S/C27H37N5O3/c1-17(2)32-27-24(15-29-32)26(30-21-6-8-34-9-7-21)13-25(31-27)20-10-19(18-4-5-18)11-23(12-20)35-16-22(33)14-28-3/h10-13,15,17-18,21-22,28,33H,4-9,14,16H2,1-3H3,(H,30,31). The van der Waals surface area contributed by atoms with Gasteiger partial charge in [-0.3, -0.25) is 0 Å². The first-order valence-electron chi connectivity index (χ1n) is 12.8. The quantitative estimate of drug-likeness (QED) is 0.403. The molecule has 2 fully saturated rings. The molecule has 0 radical (unpaired) electrons. The summed E-state index contributed by atoms with van der Waals surface area (Å²) in [6.45, 7) is 6.57. The van der Waals surface area contributed by atoms with Gasteiger partial charge < -0.3 is 25.2 Å². The van der Waals surface area contributed by atoms with Gasteiger partial charge in [-0.2, -0.15) is 5.10 Å². The van der Waals surface area contributed by atoms with E-state index in [0.29, 0.717) is 18.5 Å². The molecule has 5 rings (SSSR count). The van der Waals surface area contributed by atoms with E-state index >= 15 is 0 Å². The van der Waals surface area contributed by atoms with Gasteiger partial charge in [-0.05, 0) is 82.3 Å². The van der Waals surface area contributed by atoms with Crippen molar-refractivity contribution in [1.82, 2.24) is 20.1 Å². The fraction of sp³-hybridized carbons (Fsp3) is 0.556. The Balaban J connectivity index is 1.54. The first-order valence-corrected chi connectivity index (χ1v) is 12.8. The van der Waals surface area contributed by atoms with Gasteiger partial charge >= 0.3 is 0 Å². The van der Waals surface area contributed by atoms with E-state index in [2.05, 4.69) is 47.8 Å². The number of aromatic nitrogens is 3. The number of hydrogen-bond donors (Lipinski definition) is 3. The average molecular weight is 480 g/mol. The highest BCUT2D eigenvalue weighted by atomic mass is 16.5. The Kier molecular flexibility index (Phi) is 7.22. The van der Waals surface area contributed by atoms with Crippen LogP contribution in [0.4, 0.5) is 5.69 Å². The molecule has 0 bridgehead atoms. The van der Waals surface area contributed by atoms with Crippen molar-refractivity contribution in [3.63, 3.8) is 0 Å². The first kappa shape index (κ1) is 24.0. The number of fused-ring (bicyclic) bond motifs is 1. The number of anilines is 1. The highest BCUT2D eigenvalue weighted by Gasteiger charge is 2.25. The van der Waals surface area contributed by atoms with Crippen molar-refractivity contribution < 1.29 is 14.6 Å². The number of hydrogen-bond acceptors (Lipinski definition) is 7. The number of pyridine rings is 1. The van der Waals surface area contributed by atoms with Gasteiger partial charge in [-0.1, -0.05) is 0 Å². The summed E-state index contributed by atoms with van der Waals surface area (Å²) >= 11 is 0. The normalized spacial score (nSPS) is 17.7. The largest absolute Gasteiger partial charge is 0.491 e. The van der Waals surface area contributed by atoms with E-state index in [-0.39, 0.29) is 12.6 Å². The Morgan fingerprint density at radius 3 is 2.66 bits per heavy atom. The number of aliphatic hydroxyl groups excluding tert-OH is 1. The lowest BCUT2D eigenvalue weighted by molar-refractivity contribution is 0.0905. The van der Waals surface area contributed by atoms with E-state index in [1.165, 1.54) is 18.4 Å². The molecule has 1 aliphatic heterocycles. The summed E-state index contributed by atoms with van der Waals surface area (Å²) in [5.74, 6) is 1.35. The first-order chi connectivity index (χ1) is 17.0. The van der Waals surface area contributed by atoms with Crippen molar-refractivity contribution in [2.75, 3.05) is 38.7 Å². The van der Waals surface area contributed by atoms with Crippen LogP contribution in [0.3, 0.4) is 0 Å². The van der Waals surface area contributed by atoms with Crippen molar-refractivity contribution in [2.45, 2.75) is 63.6 Å². The zero-order valence-corrected chi connectivity index (χ0v) is 21.0. The van der Waals surface area contributed by atoms with Crippen LogP contribution in [0, 0.1) is 0 Å². The minimum Gasteiger partial charge on any atom is -0.491 e. The third-order valence-electron chi connectivity index (χ3n) is 6.79. The lowest BCUT2D eigenvalue weighted by atomic mass is 10.0. The average Bonchev–Trinajstić information content (AvgIpc) is 3.62. The molecule has 1 saturated heterocycles. The summed E-state index contributed by atoms with van der Waals surface area (Å²) < 4.78 is 13.6. The number of nitrogens with zero attached hydrogens (tertiary/aromatic N) is 3. The van der Waals surface area contributed by atoms with Gasteiger partial charge in [0.25, 0.3) is 0 Å². The summed E-state index contributed by atoms with van der Waals surface area (Å²) in [5.41, 5.74) is 5.15. The molecule has 0 spiro atoms. The molecule has 3 heterocycles. The van der Waals surface area contributed by atoms with Crippen LogP contribution in [-0.2, 0) is 4.74 Å². The van der Waals surface area contributed by atoms with Crippen LogP contribution in [-0.4, -0.2) is 65.4 Å². The second-order valence-corrected chi connectivity index (χ2v) is 10.1. The van der Waals surface area contributed by atoms with Crippen LogP contribution < -0.4 is 15.4 Å². The maximum absolute atomic E-state index is 10.1. The molecule has 35 heavy (non-hydrogen) atoms. The van der Waals surface area contributed by atoms with Crippen LogP contribution >= 0.6 is 0 Å². The summed E-state index contributed by atoms with van der Waals surface area (Å²) in [7, 11) is 1.82.